The molecule has 7 heteroatoms. The third-order valence-corrected chi connectivity index (χ3v) is 7.77. The van der Waals surface area contributed by atoms with Crippen LogP contribution < -0.4 is 5.32 Å². The molecular weight excluding hydrogens is 464 g/mol. The van der Waals surface area contributed by atoms with Crippen LogP contribution in [0.1, 0.15) is 27.0 Å². The maximum atomic E-state index is 13.0. The van der Waals surface area contributed by atoms with Gasteiger partial charge in [0.2, 0.25) is 10.0 Å². The third-order valence-electron chi connectivity index (χ3n) is 5.22. The number of fused-ring (bicyclic) bond motifs is 1. The van der Waals surface area contributed by atoms with E-state index in [4.69, 9.17) is 0 Å². The number of nitrogens with zero attached hydrogens (tertiary/aromatic N) is 1. The summed E-state index contributed by atoms with van der Waals surface area (Å²) in [5.41, 5.74) is 4.21. The summed E-state index contributed by atoms with van der Waals surface area (Å²) >= 11 is 3.39. The van der Waals surface area contributed by atoms with E-state index in [-0.39, 0.29) is 12.5 Å². The second-order valence-electron chi connectivity index (χ2n) is 7.32. The fourth-order valence-corrected chi connectivity index (χ4v) is 5.40. The summed E-state index contributed by atoms with van der Waals surface area (Å²) < 4.78 is 28.3. The van der Waals surface area contributed by atoms with Gasteiger partial charge >= 0.3 is 0 Å². The molecular formula is C23H21BrN2O3S. The lowest BCUT2D eigenvalue weighted by Crippen LogP contribution is -2.36. The SMILES string of the molecule is Cc1ccc(S(=O)(=O)N2CCc3ccc(NC(=O)c4ccccc4Br)cc3C2)cc1. The van der Waals surface area contributed by atoms with Crippen molar-refractivity contribution in [2.24, 2.45) is 0 Å². The summed E-state index contributed by atoms with van der Waals surface area (Å²) in [5, 5.41) is 2.90. The van der Waals surface area contributed by atoms with Crippen molar-refractivity contribution in [2.75, 3.05) is 11.9 Å². The minimum Gasteiger partial charge on any atom is -0.322 e. The van der Waals surface area contributed by atoms with Gasteiger partial charge in [-0.2, -0.15) is 4.31 Å². The Labute approximate surface area is 184 Å². The van der Waals surface area contributed by atoms with Crippen molar-refractivity contribution in [1.82, 2.24) is 4.31 Å². The highest BCUT2D eigenvalue weighted by molar-refractivity contribution is 9.10. The van der Waals surface area contributed by atoms with Crippen LogP contribution in [0.2, 0.25) is 0 Å². The summed E-state index contributed by atoms with van der Waals surface area (Å²) in [6.45, 7) is 2.65. The van der Waals surface area contributed by atoms with Crippen molar-refractivity contribution >= 4 is 37.5 Å². The molecule has 0 atom stereocenters. The predicted octanol–water partition coefficient (Wildman–Crippen LogP) is 4.76. The Morgan fingerprint density at radius 1 is 1.00 bits per heavy atom. The molecule has 1 amide bonds. The van der Waals surface area contributed by atoms with E-state index in [1.54, 1.807) is 36.4 Å². The molecule has 1 aliphatic rings. The first-order valence-electron chi connectivity index (χ1n) is 9.59. The molecule has 5 nitrogen and oxygen atoms in total. The van der Waals surface area contributed by atoms with Crippen molar-refractivity contribution in [2.45, 2.75) is 24.8 Å². The maximum Gasteiger partial charge on any atom is 0.256 e. The number of aryl methyl sites for hydroxylation is 1. The molecule has 0 aliphatic carbocycles. The highest BCUT2D eigenvalue weighted by atomic mass is 79.9. The van der Waals surface area contributed by atoms with E-state index in [1.165, 1.54) is 4.31 Å². The second kappa shape index (κ2) is 8.34. The van der Waals surface area contributed by atoms with Crippen LogP contribution in [0, 0.1) is 6.92 Å². The molecule has 30 heavy (non-hydrogen) atoms. The number of rotatable bonds is 4. The highest BCUT2D eigenvalue weighted by Crippen LogP contribution is 2.28. The van der Waals surface area contributed by atoms with E-state index in [9.17, 15) is 13.2 Å². The predicted molar refractivity (Wildman–Crippen MR) is 121 cm³/mol. The van der Waals surface area contributed by atoms with Gasteiger partial charge in [-0.25, -0.2) is 8.42 Å². The number of hydrogen-bond acceptors (Lipinski definition) is 3. The van der Waals surface area contributed by atoms with Gasteiger partial charge < -0.3 is 5.32 Å². The van der Waals surface area contributed by atoms with Crippen molar-refractivity contribution in [1.29, 1.82) is 0 Å². The topological polar surface area (TPSA) is 66.5 Å². The number of halogens is 1. The molecule has 0 unspecified atom stereocenters. The number of anilines is 1. The fraction of sp³-hybridized carbons (Fsp3) is 0.174. The Morgan fingerprint density at radius 3 is 2.47 bits per heavy atom. The standard InChI is InChI=1S/C23H21BrN2O3S/c1-16-6-10-20(11-7-16)30(28,29)26-13-12-17-8-9-19(14-18(17)15-26)25-23(27)21-4-2-3-5-22(21)24/h2-11,14H,12-13,15H2,1H3,(H,25,27). The van der Waals surface area contributed by atoms with Gasteiger partial charge in [-0.3, -0.25) is 4.79 Å². The van der Waals surface area contributed by atoms with Gasteiger partial charge in [0.1, 0.15) is 0 Å². The Balaban J connectivity index is 1.56. The molecule has 0 saturated heterocycles. The molecule has 0 fully saturated rings. The van der Waals surface area contributed by atoms with Gasteiger partial charge in [0.05, 0.1) is 10.5 Å². The highest BCUT2D eigenvalue weighted by Gasteiger charge is 2.28. The zero-order valence-electron chi connectivity index (χ0n) is 16.4. The molecule has 154 valence electrons. The lowest BCUT2D eigenvalue weighted by molar-refractivity contribution is 0.102. The van der Waals surface area contributed by atoms with Crippen molar-refractivity contribution in [3.8, 4) is 0 Å². The van der Waals surface area contributed by atoms with E-state index in [2.05, 4.69) is 21.2 Å². The molecule has 0 radical (unpaired) electrons. The number of hydrogen-bond donors (Lipinski definition) is 1. The molecule has 0 aromatic heterocycles. The van der Waals surface area contributed by atoms with Gasteiger partial charge in [-0.1, -0.05) is 35.9 Å². The largest absolute Gasteiger partial charge is 0.322 e. The molecule has 0 spiro atoms. The van der Waals surface area contributed by atoms with Crippen LogP contribution in [-0.2, 0) is 23.0 Å². The number of amides is 1. The van der Waals surface area contributed by atoms with Crippen molar-refractivity contribution in [3.05, 3.63) is 93.5 Å². The maximum absolute atomic E-state index is 13.0. The summed E-state index contributed by atoms with van der Waals surface area (Å²) in [4.78, 5) is 12.9. The molecule has 4 rings (SSSR count). The van der Waals surface area contributed by atoms with E-state index in [1.807, 2.05) is 37.3 Å². The summed E-state index contributed by atoms with van der Waals surface area (Å²) in [5.74, 6) is -0.220. The average molecular weight is 485 g/mol. The molecule has 3 aromatic rings. The fourth-order valence-electron chi connectivity index (χ4n) is 3.52. The first kappa shape index (κ1) is 20.8. The molecule has 1 heterocycles. The molecule has 1 aliphatic heterocycles. The Hall–Kier alpha value is -2.48. The normalized spacial score (nSPS) is 14.2. The zero-order valence-corrected chi connectivity index (χ0v) is 18.8. The van der Waals surface area contributed by atoms with Crippen LogP contribution in [0.4, 0.5) is 5.69 Å². The minimum absolute atomic E-state index is 0.220. The zero-order chi connectivity index (χ0) is 21.3. The van der Waals surface area contributed by atoms with Gasteiger partial charge in [-0.15, -0.1) is 0 Å². The lowest BCUT2D eigenvalue weighted by atomic mass is 10.0. The molecule has 0 saturated carbocycles. The quantitative estimate of drug-likeness (QED) is 0.580. The Bertz CT molecular complexity index is 1210. The van der Waals surface area contributed by atoms with E-state index >= 15 is 0 Å². The summed E-state index contributed by atoms with van der Waals surface area (Å²) in [6, 6.07) is 19.8. The van der Waals surface area contributed by atoms with Crippen LogP contribution in [-0.4, -0.2) is 25.2 Å². The van der Waals surface area contributed by atoms with E-state index in [0.29, 0.717) is 29.1 Å². The van der Waals surface area contributed by atoms with Crippen LogP contribution in [0.5, 0.6) is 0 Å². The van der Waals surface area contributed by atoms with Gasteiger partial charge in [0, 0.05) is 23.2 Å². The number of carbonyl (C=O) groups excluding carboxylic acids is 1. The second-order valence-corrected chi connectivity index (χ2v) is 10.1. The molecule has 0 bridgehead atoms. The lowest BCUT2D eigenvalue weighted by Gasteiger charge is -2.28. The van der Waals surface area contributed by atoms with Gasteiger partial charge in [0.15, 0.2) is 0 Å². The van der Waals surface area contributed by atoms with Crippen LogP contribution in [0.3, 0.4) is 0 Å². The van der Waals surface area contributed by atoms with E-state index in [0.717, 1.165) is 21.2 Å². The number of carbonyl (C=O) groups is 1. The average Bonchev–Trinajstić information content (AvgIpc) is 2.73. The van der Waals surface area contributed by atoms with E-state index < -0.39 is 10.0 Å². The van der Waals surface area contributed by atoms with Crippen LogP contribution in [0.15, 0.2) is 76.1 Å². The van der Waals surface area contributed by atoms with Crippen molar-refractivity contribution < 1.29 is 13.2 Å². The summed E-state index contributed by atoms with van der Waals surface area (Å²) in [6.07, 6.45) is 0.638. The minimum atomic E-state index is -3.57. The van der Waals surface area contributed by atoms with Gasteiger partial charge in [-0.05, 0) is 76.8 Å². The Morgan fingerprint density at radius 2 is 1.73 bits per heavy atom. The third kappa shape index (κ3) is 4.19. The summed E-state index contributed by atoms with van der Waals surface area (Å²) in [7, 11) is -3.57. The smallest absolute Gasteiger partial charge is 0.256 e. The Kier molecular flexibility index (Phi) is 5.77. The molecule has 3 aromatic carbocycles. The van der Waals surface area contributed by atoms with Crippen molar-refractivity contribution in [3.63, 3.8) is 0 Å². The van der Waals surface area contributed by atoms with Crippen LogP contribution in [0.25, 0.3) is 0 Å². The first-order valence-corrected chi connectivity index (χ1v) is 11.8. The van der Waals surface area contributed by atoms with Gasteiger partial charge in [0.25, 0.3) is 5.91 Å². The number of sulfonamides is 1. The number of nitrogens with one attached hydrogen (secondary N) is 1. The van der Waals surface area contributed by atoms with Crippen LogP contribution >= 0.6 is 15.9 Å². The molecule has 1 N–H and O–H groups in total. The monoisotopic (exact) mass is 484 g/mol. The number of benzene rings is 3. The first-order chi connectivity index (χ1) is 14.3.